The first-order valence-corrected chi connectivity index (χ1v) is 5.28. The fourth-order valence-corrected chi connectivity index (χ4v) is 1.58. The van der Waals surface area contributed by atoms with Gasteiger partial charge in [0.25, 0.3) is 0 Å². The molecular formula is C10H11N3OS. The number of carbonyl (C=O) groups excluding carboxylic acids is 1. The number of rotatable bonds is 3. The first-order valence-electron chi connectivity index (χ1n) is 4.87. The Morgan fingerprint density at radius 1 is 1.80 bits per heavy atom. The van der Waals surface area contributed by atoms with Crippen LogP contribution in [0.3, 0.4) is 0 Å². The fraction of sp³-hybridized carbons (Fsp3) is 0.500. The molecule has 1 saturated carbocycles. The number of aryl methyl sites for hydroxylation is 1. The summed E-state index contributed by atoms with van der Waals surface area (Å²) in [6.07, 6.45) is 2.45. The Morgan fingerprint density at radius 2 is 2.53 bits per heavy atom. The molecule has 0 saturated heterocycles. The van der Waals surface area contributed by atoms with E-state index in [-0.39, 0.29) is 5.91 Å². The van der Waals surface area contributed by atoms with Crippen molar-refractivity contribution in [2.24, 2.45) is 10.9 Å². The first-order chi connectivity index (χ1) is 7.20. The number of nitrogens with zero attached hydrogens (tertiary/aromatic N) is 3. The number of carbonyl (C=O) groups is 1. The van der Waals surface area contributed by atoms with Crippen molar-refractivity contribution in [2.45, 2.75) is 26.3 Å². The average Bonchev–Trinajstić information content (AvgIpc) is 2.90. The van der Waals surface area contributed by atoms with Crippen LogP contribution in [0.1, 0.15) is 29.0 Å². The van der Waals surface area contributed by atoms with E-state index in [1.165, 1.54) is 12.8 Å². The lowest BCUT2D eigenvalue weighted by Crippen LogP contribution is -2.10. The molecular weight excluding hydrogens is 210 g/mol. The number of aromatic nitrogens is 2. The number of thiocarbonyl (C=S) groups is 1. The smallest absolute Gasteiger partial charge is 0.264 e. The summed E-state index contributed by atoms with van der Waals surface area (Å²) in [6, 6.07) is 1.74. The molecule has 1 aliphatic rings. The normalized spacial score (nSPS) is 14.7. The van der Waals surface area contributed by atoms with Crippen LogP contribution >= 0.6 is 12.2 Å². The monoisotopic (exact) mass is 221 g/mol. The van der Waals surface area contributed by atoms with Crippen LogP contribution in [0.5, 0.6) is 0 Å². The molecule has 0 unspecified atom stereocenters. The molecule has 5 heteroatoms. The van der Waals surface area contributed by atoms with Gasteiger partial charge >= 0.3 is 5.91 Å². The Kier molecular flexibility index (Phi) is 2.75. The number of amides is 1. The highest BCUT2D eigenvalue weighted by Crippen LogP contribution is 2.30. The Bertz CT molecular complexity index is 442. The molecule has 0 N–H and O–H groups in total. The maximum absolute atomic E-state index is 11.5. The van der Waals surface area contributed by atoms with Crippen LogP contribution in [0.4, 0.5) is 0 Å². The predicted octanol–water partition coefficient (Wildman–Crippen LogP) is 1.84. The predicted molar refractivity (Wildman–Crippen MR) is 59.0 cm³/mol. The summed E-state index contributed by atoms with van der Waals surface area (Å²) in [4.78, 5) is 15.0. The molecule has 1 aliphatic carbocycles. The number of isothiocyanates is 1. The van der Waals surface area contributed by atoms with Gasteiger partial charge in [-0.3, -0.25) is 9.48 Å². The highest BCUT2D eigenvalue weighted by molar-refractivity contribution is 7.78. The summed E-state index contributed by atoms with van der Waals surface area (Å²) in [5, 5.41) is 6.36. The third-order valence-corrected chi connectivity index (χ3v) is 2.49. The van der Waals surface area contributed by atoms with Gasteiger partial charge in [-0.2, -0.15) is 10.1 Å². The van der Waals surface area contributed by atoms with E-state index >= 15 is 0 Å². The lowest BCUT2D eigenvalue weighted by Gasteiger charge is -2.01. The van der Waals surface area contributed by atoms with E-state index in [2.05, 4.69) is 27.5 Å². The lowest BCUT2D eigenvalue weighted by molar-refractivity contribution is 0.0993. The van der Waals surface area contributed by atoms with Gasteiger partial charge in [-0.15, -0.1) is 0 Å². The molecule has 4 nitrogen and oxygen atoms in total. The van der Waals surface area contributed by atoms with Crippen molar-refractivity contribution in [2.75, 3.05) is 0 Å². The van der Waals surface area contributed by atoms with Gasteiger partial charge in [-0.1, -0.05) is 0 Å². The molecule has 0 spiro atoms. The Morgan fingerprint density at radius 3 is 3.13 bits per heavy atom. The van der Waals surface area contributed by atoms with Crippen LogP contribution in [0, 0.1) is 12.8 Å². The Balaban J connectivity index is 2.26. The van der Waals surface area contributed by atoms with Gasteiger partial charge in [0.15, 0.2) is 0 Å². The van der Waals surface area contributed by atoms with Crippen LogP contribution in [0.15, 0.2) is 11.1 Å². The van der Waals surface area contributed by atoms with Crippen LogP contribution in [-0.2, 0) is 6.54 Å². The van der Waals surface area contributed by atoms with Gasteiger partial charge < -0.3 is 0 Å². The highest BCUT2D eigenvalue weighted by atomic mass is 32.1. The zero-order valence-corrected chi connectivity index (χ0v) is 9.25. The number of aliphatic imine (C=N–C) groups is 1. The maximum Gasteiger partial charge on any atom is 0.304 e. The van der Waals surface area contributed by atoms with Crippen molar-refractivity contribution in [1.82, 2.24) is 9.78 Å². The summed E-state index contributed by atoms with van der Waals surface area (Å²) in [7, 11) is 0. The maximum atomic E-state index is 11.5. The quantitative estimate of drug-likeness (QED) is 0.578. The second kappa shape index (κ2) is 4.04. The molecule has 0 bridgehead atoms. The minimum atomic E-state index is -0.355. The van der Waals surface area contributed by atoms with Crippen LogP contribution in [0.2, 0.25) is 0 Å². The van der Waals surface area contributed by atoms with E-state index in [1.54, 1.807) is 10.7 Å². The molecule has 0 aliphatic heterocycles. The van der Waals surface area contributed by atoms with Gasteiger partial charge in [0.2, 0.25) is 0 Å². The van der Waals surface area contributed by atoms with Gasteiger partial charge in [0.1, 0.15) is 5.69 Å². The van der Waals surface area contributed by atoms with Gasteiger partial charge in [-0.05, 0) is 44.0 Å². The second-order valence-corrected chi connectivity index (χ2v) is 3.99. The summed E-state index contributed by atoms with van der Waals surface area (Å²) in [6.45, 7) is 2.67. The molecule has 1 amide bonds. The molecule has 1 aromatic rings. The molecule has 1 fully saturated rings. The summed E-state index contributed by atoms with van der Waals surface area (Å²) in [5.41, 5.74) is 1.34. The lowest BCUT2D eigenvalue weighted by atomic mass is 10.3. The fourth-order valence-electron chi connectivity index (χ4n) is 1.50. The van der Waals surface area contributed by atoms with Crippen molar-refractivity contribution >= 4 is 23.3 Å². The van der Waals surface area contributed by atoms with Gasteiger partial charge in [0, 0.05) is 6.54 Å². The van der Waals surface area contributed by atoms with E-state index in [9.17, 15) is 4.79 Å². The molecule has 15 heavy (non-hydrogen) atoms. The Hall–Kier alpha value is -1.32. The van der Waals surface area contributed by atoms with Gasteiger partial charge in [-0.25, -0.2) is 0 Å². The third kappa shape index (κ3) is 2.37. The summed E-state index contributed by atoms with van der Waals surface area (Å²) < 4.78 is 1.73. The van der Waals surface area contributed by atoms with E-state index in [1.807, 2.05) is 6.92 Å². The van der Waals surface area contributed by atoms with Crippen LogP contribution in [-0.4, -0.2) is 20.8 Å². The standard InChI is InChI=1S/C10H11N3OS/c1-7-4-9(10(14)11-6-15)13(12-7)5-8-2-3-8/h4,8H,2-3,5H2,1H3. The minimum absolute atomic E-state index is 0.355. The third-order valence-electron chi connectivity index (χ3n) is 2.40. The summed E-state index contributed by atoms with van der Waals surface area (Å²) >= 11 is 4.41. The Labute approximate surface area is 93.0 Å². The molecule has 0 aromatic carbocycles. The zero-order chi connectivity index (χ0) is 10.8. The number of hydrogen-bond donors (Lipinski definition) is 0. The van der Waals surface area contributed by atoms with Crippen LogP contribution in [0.25, 0.3) is 0 Å². The van der Waals surface area contributed by atoms with E-state index in [0.29, 0.717) is 11.6 Å². The van der Waals surface area contributed by atoms with Crippen molar-refractivity contribution < 1.29 is 4.79 Å². The largest absolute Gasteiger partial charge is 0.304 e. The molecule has 1 aromatic heterocycles. The topological polar surface area (TPSA) is 47.2 Å². The van der Waals surface area contributed by atoms with Crippen LogP contribution < -0.4 is 0 Å². The minimum Gasteiger partial charge on any atom is -0.264 e. The van der Waals surface area contributed by atoms with Gasteiger partial charge in [0.05, 0.1) is 10.9 Å². The van der Waals surface area contributed by atoms with E-state index in [0.717, 1.165) is 12.2 Å². The summed E-state index contributed by atoms with van der Waals surface area (Å²) in [5.74, 6) is 0.318. The molecule has 0 radical (unpaired) electrons. The SMILES string of the molecule is Cc1cc(C(=O)N=C=S)n(CC2CC2)n1. The van der Waals surface area contributed by atoms with Crippen molar-refractivity contribution in [3.05, 3.63) is 17.5 Å². The van der Waals surface area contributed by atoms with E-state index < -0.39 is 0 Å². The number of hydrogen-bond acceptors (Lipinski definition) is 3. The highest BCUT2D eigenvalue weighted by Gasteiger charge is 2.24. The molecule has 1 heterocycles. The molecule has 2 rings (SSSR count). The van der Waals surface area contributed by atoms with Crippen molar-refractivity contribution in [1.29, 1.82) is 0 Å². The van der Waals surface area contributed by atoms with E-state index in [4.69, 9.17) is 0 Å². The van der Waals surface area contributed by atoms with Crippen molar-refractivity contribution in [3.8, 4) is 0 Å². The first kappa shape index (κ1) is 10.2. The molecule has 0 atom stereocenters. The zero-order valence-electron chi connectivity index (χ0n) is 8.43. The average molecular weight is 221 g/mol. The molecule has 78 valence electrons. The van der Waals surface area contributed by atoms with Crippen molar-refractivity contribution in [3.63, 3.8) is 0 Å². The second-order valence-electron chi connectivity index (χ2n) is 3.80.